The Bertz CT molecular complexity index is 350. The summed E-state index contributed by atoms with van der Waals surface area (Å²) >= 11 is 0. The molecule has 0 aromatic carbocycles. The van der Waals surface area contributed by atoms with E-state index in [1.807, 2.05) is 6.07 Å². The third-order valence-corrected chi connectivity index (χ3v) is 4.58. The smallest absolute Gasteiger partial charge is 0.105 e. The summed E-state index contributed by atoms with van der Waals surface area (Å²) in [5.74, 6) is 1.98. The van der Waals surface area contributed by atoms with E-state index in [0.717, 1.165) is 24.6 Å². The van der Waals surface area contributed by atoms with Gasteiger partial charge in [0.25, 0.3) is 0 Å². The van der Waals surface area contributed by atoms with Crippen LogP contribution in [0.4, 0.5) is 0 Å². The molecule has 1 aromatic rings. The SMILES string of the molecule is CC(C)(C)C1CCCC(NCCc2ccco2)CC1. The first-order valence-corrected chi connectivity index (χ1v) is 7.81. The Labute approximate surface area is 118 Å². The summed E-state index contributed by atoms with van der Waals surface area (Å²) in [5, 5.41) is 3.71. The Hall–Kier alpha value is -0.760. The van der Waals surface area contributed by atoms with Crippen LogP contribution in [0.15, 0.2) is 22.8 Å². The van der Waals surface area contributed by atoms with E-state index >= 15 is 0 Å². The molecule has 1 aromatic heterocycles. The second-order valence-electron chi connectivity index (χ2n) is 7.05. The molecule has 2 unspecified atom stereocenters. The quantitative estimate of drug-likeness (QED) is 0.814. The van der Waals surface area contributed by atoms with Crippen molar-refractivity contribution in [1.29, 1.82) is 0 Å². The van der Waals surface area contributed by atoms with Crippen LogP contribution in [0.1, 0.15) is 58.6 Å². The lowest BCUT2D eigenvalue weighted by atomic mass is 9.76. The zero-order valence-electron chi connectivity index (χ0n) is 12.7. The average Bonchev–Trinajstić information content (AvgIpc) is 2.72. The monoisotopic (exact) mass is 263 g/mol. The Kier molecular flexibility index (Phi) is 5.09. The largest absolute Gasteiger partial charge is 0.469 e. The van der Waals surface area contributed by atoms with E-state index in [4.69, 9.17) is 4.42 Å². The number of hydrogen-bond donors (Lipinski definition) is 1. The summed E-state index contributed by atoms with van der Waals surface area (Å²) < 4.78 is 5.37. The summed E-state index contributed by atoms with van der Waals surface area (Å²) in [6.45, 7) is 8.21. The fourth-order valence-electron chi connectivity index (χ4n) is 3.23. The van der Waals surface area contributed by atoms with Crippen molar-refractivity contribution in [2.24, 2.45) is 11.3 Å². The first-order chi connectivity index (χ1) is 9.05. The first-order valence-electron chi connectivity index (χ1n) is 7.81. The fourth-order valence-corrected chi connectivity index (χ4v) is 3.23. The van der Waals surface area contributed by atoms with Gasteiger partial charge in [-0.25, -0.2) is 0 Å². The molecule has 1 heterocycles. The topological polar surface area (TPSA) is 25.2 Å². The third kappa shape index (κ3) is 4.68. The van der Waals surface area contributed by atoms with Gasteiger partial charge >= 0.3 is 0 Å². The molecule has 0 bridgehead atoms. The molecule has 2 heteroatoms. The molecular formula is C17H29NO. The molecule has 108 valence electrons. The van der Waals surface area contributed by atoms with Gasteiger partial charge in [0.2, 0.25) is 0 Å². The molecule has 1 saturated carbocycles. The van der Waals surface area contributed by atoms with Crippen LogP contribution in [0.25, 0.3) is 0 Å². The summed E-state index contributed by atoms with van der Waals surface area (Å²) in [7, 11) is 0. The highest BCUT2D eigenvalue weighted by atomic mass is 16.3. The maximum atomic E-state index is 5.37. The molecule has 1 N–H and O–H groups in total. The van der Waals surface area contributed by atoms with Crippen molar-refractivity contribution < 1.29 is 4.42 Å². The van der Waals surface area contributed by atoms with Crippen molar-refractivity contribution in [3.05, 3.63) is 24.2 Å². The second-order valence-corrected chi connectivity index (χ2v) is 7.05. The lowest BCUT2D eigenvalue weighted by Gasteiger charge is -2.29. The van der Waals surface area contributed by atoms with Crippen LogP contribution in [0.2, 0.25) is 0 Å². The molecule has 2 nitrogen and oxygen atoms in total. The van der Waals surface area contributed by atoms with Gasteiger partial charge in [0.05, 0.1) is 6.26 Å². The van der Waals surface area contributed by atoms with Crippen molar-refractivity contribution in [3.63, 3.8) is 0 Å². The van der Waals surface area contributed by atoms with Gasteiger partial charge in [-0.05, 0) is 49.1 Å². The third-order valence-electron chi connectivity index (χ3n) is 4.58. The minimum atomic E-state index is 0.475. The lowest BCUT2D eigenvalue weighted by Crippen LogP contribution is -2.30. The van der Waals surface area contributed by atoms with Crippen molar-refractivity contribution >= 4 is 0 Å². The summed E-state index contributed by atoms with van der Waals surface area (Å²) in [6, 6.07) is 4.74. The molecule has 0 radical (unpaired) electrons. The predicted molar refractivity (Wildman–Crippen MR) is 80.2 cm³/mol. The van der Waals surface area contributed by atoms with E-state index in [0.29, 0.717) is 11.5 Å². The number of rotatable bonds is 4. The van der Waals surface area contributed by atoms with E-state index in [-0.39, 0.29) is 0 Å². The summed E-state index contributed by atoms with van der Waals surface area (Å²) in [6.07, 6.45) is 9.59. The van der Waals surface area contributed by atoms with Gasteiger partial charge in [0.1, 0.15) is 5.76 Å². The molecule has 1 aliphatic rings. The van der Waals surface area contributed by atoms with E-state index in [1.54, 1.807) is 6.26 Å². The molecule has 0 amide bonds. The zero-order chi connectivity index (χ0) is 13.7. The fraction of sp³-hybridized carbons (Fsp3) is 0.765. The van der Waals surface area contributed by atoms with Crippen molar-refractivity contribution in [2.75, 3.05) is 6.54 Å². The minimum Gasteiger partial charge on any atom is -0.469 e. The van der Waals surface area contributed by atoms with Gasteiger partial charge in [-0.1, -0.05) is 27.2 Å². The average molecular weight is 263 g/mol. The molecule has 1 fully saturated rings. The van der Waals surface area contributed by atoms with E-state index in [2.05, 4.69) is 32.2 Å². The molecule has 1 aliphatic carbocycles. The van der Waals surface area contributed by atoms with Crippen LogP contribution in [0, 0.1) is 11.3 Å². The molecule has 0 aliphatic heterocycles. The first kappa shape index (κ1) is 14.6. The van der Waals surface area contributed by atoms with E-state index in [1.165, 1.54) is 32.1 Å². The van der Waals surface area contributed by atoms with Gasteiger partial charge in [-0.15, -0.1) is 0 Å². The predicted octanol–water partition coefficient (Wildman–Crippen LogP) is 4.41. The Morgan fingerprint density at radius 1 is 1.21 bits per heavy atom. The van der Waals surface area contributed by atoms with Crippen molar-refractivity contribution in [2.45, 2.75) is 65.3 Å². The van der Waals surface area contributed by atoms with Crippen molar-refractivity contribution in [1.82, 2.24) is 5.32 Å². The van der Waals surface area contributed by atoms with Crippen LogP contribution in [-0.2, 0) is 6.42 Å². The van der Waals surface area contributed by atoms with Gasteiger partial charge < -0.3 is 9.73 Å². The van der Waals surface area contributed by atoms with Gasteiger partial charge in [0.15, 0.2) is 0 Å². The highest BCUT2D eigenvalue weighted by molar-refractivity contribution is 4.98. The highest BCUT2D eigenvalue weighted by Gasteiger charge is 2.27. The van der Waals surface area contributed by atoms with Crippen LogP contribution < -0.4 is 5.32 Å². The van der Waals surface area contributed by atoms with Gasteiger partial charge in [-0.2, -0.15) is 0 Å². The summed E-state index contributed by atoms with van der Waals surface area (Å²) in [5.41, 5.74) is 0.475. The van der Waals surface area contributed by atoms with Gasteiger partial charge in [-0.3, -0.25) is 0 Å². The number of nitrogens with one attached hydrogen (secondary N) is 1. The van der Waals surface area contributed by atoms with Crippen molar-refractivity contribution in [3.8, 4) is 0 Å². The molecule has 19 heavy (non-hydrogen) atoms. The van der Waals surface area contributed by atoms with Crippen LogP contribution in [0.5, 0.6) is 0 Å². The van der Waals surface area contributed by atoms with Crippen LogP contribution in [-0.4, -0.2) is 12.6 Å². The Morgan fingerprint density at radius 3 is 2.74 bits per heavy atom. The number of furan rings is 1. The molecule has 0 spiro atoms. The minimum absolute atomic E-state index is 0.475. The molecular weight excluding hydrogens is 234 g/mol. The normalized spacial score (nSPS) is 25.2. The van der Waals surface area contributed by atoms with Crippen LogP contribution >= 0.6 is 0 Å². The van der Waals surface area contributed by atoms with E-state index < -0.39 is 0 Å². The zero-order valence-corrected chi connectivity index (χ0v) is 12.7. The Morgan fingerprint density at radius 2 is 2.05 bits per heavy atom. The van der Waals surface area contributed by atoms with E-state index in [9.17, 15) is 0 Å². The maximum Gasteiger partial charge on any atom is 0.105 e. The van der Waals surface area contributed by atoms with Gasteiger partial charge in [0, 0.05) is 19.0 Å². The standard InChI is InChI=1S/C17H29NO/c1-17(2,3)14-6-4-7-15(10-9-14)18-12-11-16-8-5-13-19-16/h5,8,13-15,18H,4,6-7,9-12H2,1-3H3. The Balaban J connectivity index is 1.71. The molecule has 2 rings (SSSR count). The molecule has 2 atom stereocenters. The molecule has 0 saturated heterocycles. The maximum absolute atomic E-state index is 5.37. The lowest BCUT2D eigenvalue weighted by molar-refractivity contribution is 0.213. The number of hydrogen-bond acceptors (Lipinski definition) is 2. The highest BCUT2D eigenvalue weighted by Crippen LogP contribution is 2.36. The second kappa shape index (κ2) is 6.60. The summed E-state index contributed by atoms with van der Waals surface area (Å²) in [4.78, 5) is 0. The van der Waals surface area contributed by atoms with Crippen LogP contribution in [0.3, 0.4) is 0 Å².